The Balaban J connectivity index is 1.31. The monoisotopic (exact) mass is 588 g/mol. The van der Waals surface area contributed by atoms with Gasteiger partial charge in [0.25, 0.3) is 0 Å². The maximum absolute atomic E-state index is 2.63. The van der Waals surface area contributed by atoms with Crippen LogP contribution in [0.25, 0.3) is 0 Å². The predicted octanol–water partition coefficient (Wildman–Crippen LogP) is 7.38. The minimum atomic E-state index is -0.669. The summed E-state index contributed by atoms with van der Waals surface area (Å²) in [6, 6.07) is 59.5. The highest BCUT2D eigenvalue weighted by Gasteiger charge is 2.47. The molecular weight excluding hydrogens is 554 g/mol. The van der Waals surface area contributed by atoms with Crippen molar-refractivity contribution in [1.82, 2.24) is 0 Å². The number of aryl methyl sites for hydroxylation is 2. The largest absolute Gasteiger partial charge is 0.0622 e. The van der Waals surface area contributed by atoms with Gasteiger partial charge in [0.05, 0.1) is 0 Å². The van der Waals surface area contributed by atoms with Crippen molar-refractivity contribution >= 4 is 47.7 Å². The third-order valence-corrected chi connectivity index (χ3v) is 14.3. The molecule has 2 aliphatic rings. The van der Waals surface area contributed by atoms with Gasteiger partial charge in [-0.25, -0.2) is 0 Å². The fourth-order valence-corrected chi connectivity index (χ4v) is 12.5. The average Bonchev–Trinajstić information content (AvgIpc) is 3.65. The van der Waals surface area contributed by atoms with Gasteiger partial charge < -0.3 is 0 Å². The first-order valence-corrected chi connectivity index (χ1v) is 18.1. The zero-order chi connectivity index (χ0) is 28.6. The molecule has 0 nitrogen and oxygen atoms in total. The summed E-state index contributed by atoms with van der Waals surface area (Å²) in [5, 5.41) is 8.71. The highest BCUT2D eigenvalue weighted by atomic mass is 31.1. The van der Waals surface area contributed by atoms with Crippen LogP contribution in [0.4, 0.5) is 0 Å². The van der Waals surface area contributed by atoms with Crippen LogP contribution in [-0.4, -0.2) is 0 Å². The summed E-state index contributed by atoms with van der Waals surface area (Å²) in [6.45, 7) is 0. The Hall–Kier alpha value is -3.82. The normalized spacial score (nSPS) is 17.0. The van der Waals surface area contributed by atoms with Gasteiger partial charge in [-0.2, -0.15) is 0 Å². The van der Waals surface area contributed by atoms with Crippen LogP contribution < -0.4 is 31.8 Å². The number of hydrogen-bond donors (Lipinski definition) is 0. The topological polar surface area (TPSA) is 0 Å². The molecule has 2 heteroatoms. The summed E-state index contributed by atoms with van der Waals surface area (Å²) in [4.78, 5) is 0. The van der Waals surface area contributed by atoms with Crippen molar-refractivity contribution in [2.45, 2.75) is 31.1 Å². The van der Waals surface area contributed by atoms with Gasteiger partial charge in [-0.1, -0.05) is 152 Å². The van der Waals surface area contributed by atoms with Gasteiger partial charge in [-0.05, 0) is 102 Å². The lowest BCUT2D eigenvalue weighted by atomic mass is 9.76. The molecule has 1 atom stereocenters. The molecule has 0 fully saturated rings. The molecule has 0 radical (unpaired) electrons. The van der Waals surface area contributed by atoms with E-state index in [1.165, 1.54) is 39.4 Å². The molecule has 6 aromatic carbocycles. The van der Waals surface area contributed by atoms with Crippen LogP contribution in [0.3, 0.4) is 0 Å². The van der Waals surface area contributed by atoms with E-state index >= 15 is 0 Å². The Morgan fingerprint density at radius 2 is 0.884 bits per heavy atom. The third kappa shape index (κ3) is 4.69. The van der Waals surface area contributed by atoms with E-state index in [1.54, 1.807) is 27.6 Å². The van der Waals surface area contributed by atoms with Gasteiger partial charge in [0.1, 0.15) is 0 Å². The first-order valence-electron chi connectivity index (χ1n) is 15.4. The Labute approximate surface area is 258 Å². The van der Waals surface area contributed by atoms with Crippen LogP contribution in [0, 0.1) is 0 Å². The molecule has 0 aromatic heterocycles. The van der Waals surface area contributed by atoms with Gasteiger partial charge in [0.15, 0.2) is 0 Å². The third-order valence-electron chi connectivity index (χ3n) is 9.42. The van der Waals surface area contributed by atoms with Crippen LogP contribution in [-0.2, 0) is 18.3 Å². The molecule has 8 rings (SSSR count). The second-order valence-corrected chi connectivity index (χ2v) is 16.2. The SMILES string of the molecule is c1ccc(P(c2ccccc2)c2ccc3c(c2)C2(CC3)CCc3cccc(P(c4ccccc4)c4ccccc4)c32)cc1. The molecule has 0 amide bonds. The molecule has 0 saturated carbocycles. The van der Waals surface area contributed by atoms with Gasteiger partial charge in [-0.3, -0.25) is 0 Å². The van der Waals surface area contributed by atoms with Crippen LogP contribution in [0.15, 0.2) is 158 Å². The van der Waals surface area contributed by atoms with E-state index in [1.807, 2.05) is 0 Å². The molecule has 0 heterocycles. The maximum Gasteiger partial charge on any atom is 0.0221 e. The number of hydrogen-bond acceptors (Lipinski definition) is 0. The fraction of sp³-hybridized carbons (Fsp3) is 0.122. The summed E-state index contributed by atoms with van der Waals surface area (Å²) >= 11 is 0. The number of fused-ring (bicyclic) bond motifs is 4. The van der Waals surface area contributed by atoms with Crippen molar-refractivity contribution < 1.29 is 0 Å². The zero-order valence-corrected chi connectivity index (χ0v) is 26.0. The minimum absolute atomic E-state index is 0.0792. The van der Waals surface area contributed by atoms with E-state index in [4.69, 9.17) is 0 Å². The lowest BCUT2D eigenvalue weighted by Gasteiger charge is -2.32. The predicted molar refractivity (Wildman–Crippen MR) is 188 cm³/mol. The van der Waals surface area contributed by atoms with Crippen LogP contribution >= 0.6 is 15.8 Å². The van der Waals surface area contributed by atoms with Gasteiger partial charge >= 0.3 is 0 Å². The van der Waals surface area contributed by atoms with Crippen molar-refractivity contribution in [3.8, 4) is 0 Å². The molecule has 0 N–H and O–H groups in total. The molecule has 6 aromatic rings. The van der Waals surface area contributed by atoms with E-state index in [-0.39, 0.29) is 5.41 Å². The highest BCUT2D eigenvalue weighted by molar-refractivity contribution is 7.80. The smallest absolute Gasteiger partial charge is 0.0221 e. The van der Waals surface area contributed by atoms with Crippen molar-refractivity contribution in [3.63, 3.8) is 0 Å². The van der Waals surface area contributed by atoms with Crippen molar-refractivity contribution in [3.05, 3.63) is 180 Å². The summed E-state index contributed by atoms with van der Waals surface area (Å²) in [7, 11) is -1.31. The first kappa shape index (κ1) is 26.8. The molecule has 1 spiro atoms. The van der Waals surface area contributed by atoms with Crippen molar-refractivity contribution in [2.75, 3.05) is 0 Å². The quantitative estimate of drug-likeness (QED) is 0.178. The molecule has 208 valence electrons. The van der Waals surface area contributed by atoms with Gasteiger partial charge in [0.2, 0.25) is 0 Å². The number of benzene rings is 6. The maximum atomic E-state index is 2.63. The molecule has 0 bridgehead atoms. The Morgan fingerprint density at radius 1 is 0.395 bits per heavy atom. The highest BCUT2D eigenvalue weighted by Crippen LogP contribution is 2.54. The van der Waals surface area contributed by atoms with Crippen molar-refractivity contribution in [2.24, 2.45) is 0 Å². The molecule has 0 aliphatic heterocycles. The van der Waals surface area contributed by atoms with Crippen LogP contribution in [0.2, 0.25) is 0 Å². The summed E-state index contributed by atoms with van der Waals surface area (Å²) in [5.41, 5.74) is 6.41. The lowest BCUT2D eigenvalue weighted by Crippen LogP contribution is -2.32. The summed E-state index contributed by atoms with van der Waals surface area (Å²) < 4.78 is 0. The van der Waals surface area contributed by atoms with E-state index in [9.17, 15) is 0 Å². The van der Waals surface area contributed by atoms with Crippen LogP contribution in [0.5, 0.6) is 0 Å². The van der Waals surface area contributed by atoms with Crippen molar-refractivity contribution in [1.29, 1.82) is 0 Å². The molecular formula is C41H34P2. The summed E-state index contributed by atoms with van der Waals surface area (Å²) in [5.74, 6) is 0. The lowest BCUT2D eigenvalue weighted by molar-refractivity contribution is 0.510. The zero-order valence-electron chi connectivity index (χ0n) is 24.2. The molecule has 0 saturated heterocycles. The molecule has 1 unspecified atom stereocenters. The van der Waals surface area contributed by atoms with E-state index in [2.05, 4.69) is 158 Å². The number of rotatable bonds is 6. The van der Waals surface area contributed by atoms with E-state index in [0.717, 1.165) is 12.8 Å². The molecule has 43 heavy (non-hydrogen) atoms. The average molecular weight is 589 g/mol. The first-order chi connectivity index (χ1) is 21.3. The van der Waals surface area contributed by atoms with Gasteiger partial charge in [-0.15, -0.1) is 0 Å². The van der Waals surface area contributed by atoms with Crippen LogP contribution in [0.1, 0.15) is 35.1 Å². The standard InChI is InChI=1S/C41H34P2/c1-5-15-33(16-6-1)42(34-17-7-2-8-18-34)37-25-24-31-26-28-41(38(31)30-37)29-27-32-14-13-23-39(40(32)41)43(35-19-9-3-10-20-35)36-21-11-4-12-22-36/h1-25,30H,26-29H2. The second kappa shape index (κ2) is 11.4. The fourth-order valence-electron chi connectivity index (χ4n) is 7.56. The van der Waals surface area contributed by atoms with Gasteiger partial charge in [0, 0.05) is 5.41 Å². The summed E-state index contributed by atoms with van der Waals surface area (Å²) in [6.07, 6.45) is 4.73. The van der Waals surface area contributed by atoms with E-state index in [0.29, 0.717) is 0 Å². The minimum Gasteiger partial charge on any atom is -0.0622 e. The second-order valence-electron chi connectivity index (χ2n) is 11.7. The molecule has 2 aliphatic carbocycles. The Bertz CT molecular complexity index is 1780. The Kier molecular flexibility index (Phi) is 7.07. The Morgan fingerprint density at radius 3 is 1.42 bits per heavy atom. The van der Waals surface area contributed by atoms with E-state index < -0.39 is 15.8 Å².